The molecular weight excluding hydrogens is 380 g/mol. The van der Waals surface area contributed by atoms with Gasteiger partial charge in [0.2, 0.25) is 0 Å². The number of hydrogen-bond donors (Lipinski definition) is 1. The van der Waals surface area contributed by atoms with Crippen molar-refractivity contribution in [3.8, 4) is 5.69 Å². The molecule has 0 saturated carbocycles. The second-order valence-electron chi connectivity index (χ2n) is 6.28. The summed E-state index contributed by atoms with van der Waals surface area (Å²) in [6.45, 7) is 6.62. The first-order valence-electron chi connectivity index (χ1n) is 9.05. The van der Waals surface area contributed by atoms with Crippen molar-refractivity contribution in [3.05, 3.63) is 62.4 Å². The number of nitrogens with zero attached hydrogens (tertiary/aromatic N) is 2. The van der Waals surface area contributed by atoms with Crippen molar-refractivity contribution in [2.45, 2.75) is 33.6 Å². The van der Waals surface area contributed by atoms with E-state index in [1.54, 1.807) is 27.7 Å². The van der Waals surface area contributed by atoms with Crippen LogP contribution in [0.2, 0.25) is 0 Å². The lowest BCUT2D eigenvalue weighted by Gasteiger charge is -2.17. The highest BCUT2D eigenvalue weighted by molar-refractivity contribution is 6.00. The fourth-order valence-corrected chi connectivity index (χ4v) is 3.13. The minimum Gasteiger partial charge on any atom is -0.465 e. The Balaban J connectivity index is 2.67. The van der Waals surface area contributed by atoms with Crippen LogP contribution in [0.4, 0.5) is 5.69 Å². The largest absolute Gasteiger partial charge is 0.465 e. The van der Waals surface area contributed by atoms with Gasteiger partial charge in [-0.2, -0.15) is 0 Å². The standard InChI is InChI=1S/C20H23N2O7/c1-5-28-19(24)16(20(25)29-6-2)15-8-7-9-21(18(15)23)17-12(3)10-14(22(26)27)11-13(17)4/h7-11,16H,5-6H2,1-4H3,(H,26,27)/q+1. The molecule has 2 rings (SSSR count). The Labute approximate surface area is 167 Å². The highest BCUT2D eigenvalue weighted by atomic mass is 16.6. The van der Waals surface area contributed by atoms with Gasteiger partial charge in [0.15, 0.2) is 5.92 Å². The van der Waals surface area contributed by atoms with E-state index in [9.17, 15) is 19.3 Å². The minimum atomic E-state index is -1.51. The van der Waals surface area contributed by atoms with Crippen molar-refractivity contribution in [3.63, 3.8) is 0 Å². The smallest absolute Gasteiger partial charge is 0.325 e. The Morgan fingerprint density at radius 3 is 2.07 bits per heavy atom. The first-order chi connectivity index (χ1) is 13.7. The van der Waals surface area contributed by atoms with Crippen LogP contribution in [0, 0.1) is 18.8 Å². The average Bonchev–Trinajstić information content (AvgIpc) is 2.64. The Morgan fingerprint density at radius 2 is 1.62 bits per heavy atom. The molecule has 154 valence electrons. The molecular formula is C20H23N2O7+. The Morgan fingerprint density at radius 1 is 1.10 bits per heavy atom. The van der Waals surface area contributed by atoms with Crippen molar-refractivity contribution in [2.24, 2.45) is 0 Å². The molecule has 0 aliphatic heterocycles. The fourth-order valence-electron chi connectivity index (χ4n) is 3.13. The van der Waals surface area contributed by atoms with E-state index in [-0.39, 0.29) is 29.4 Å². The number of aromatic nitrogens is 1. The van der Waals surface area contributed by atoms with E-state index >= 15 is 0 Å². The van der Waals surface area contributed by atoms with Crippen LogP contribution in [0.1, 0.15) is 36.5 Å². The number of carbonyl (C=O) groups is 2. The van der Waals surface area contributed by atoms with Gasteiger partial charge >= 0.3 is 17.6 Å². The molecule has 0 amide bonds. The lowest BCUT2D eigenvalue weighted by Crippen LogP contribution is -2.33. The Hall–Kier alpha value is -3.49. The summed E-state index contributed by atoms with van der Waals surface area (Å²) in [5, 5.41) is 9.14. The summed E-state index contributed by atoms with van der Waals surface area (Å²) in [6, 6.07) is 5.75. The summed E-state index contributed by atoms with van der Waals surface area (Å²) in [6.07, 6.45) is 1.49. The maximum Gasteiger partial charge on any atom is 0.325 e. The number of rotatable bonds is 7. The molecule has 1 N–H and O–H groups in total. The van der Waals surface area contributed by atoms with Crippen molar-refractivity contribution in [2.75, 3.05) is 13.2 Å². The second kappa shape index (κ2) is 9.13. The van der Waals surface area contributed by atoms with Crippen LogP contribution in [-0.4, -0.2) is 39.9 Å². The number of benzene rings is 1. The number of aryl methyl sites for hydroxylation is 2. The predicted octanol–water partition coefficient (Wildman–Crippen LogP) is 2.46. The minimum absolute atomic E-state index is 0.0175. The molecule has 2 aromatic rings. The number of hydrogen-bond acceptors (Lipinski definition) is 6. The zero-order valence-corrected chi connectivity index (χ0v) is 16.7. The summed E-state index contributed by atoms with van der Waals surface area (Å²) < 4.78 is 11.2. The third-order valence-electron chi connectivity index (χ3n) is 4.27. The molecule has 0 bridgehead atoms. The maximum absolute atomic E-state index is 13.2. The lowest BCUT2D eigenvalue weighted by molar-refractivity contribution is -0.729. The van der Waals surface area contributed by atoms with Crippen LogP contribution in [-0.2, 0) is 19.1 Å². The predicted molar refractivity (Wildman–Crippen MR) is 103 cm³/mol. The van der Waals surface area contributed by atoms with E-state index in [0.29, 0.717) is 16.8 Å². The molecule has 0 aliphatic rings. The monoisotopic (exact) mass is 403 g/mol. The van der Waals surface area contributed by atoms with Gasteiger partial charge in [-0.15, -0.1) is 0 Å². The molecule has 1 aromatic heterocycles. The van der Waals surface area contributed by atoms with E-state index < -0.39 is 23.4 Å². The van der Waals surface area contributed by atoms with Crippen molar-refractivity contribution >= 4 is 17.6 Å². The first kappa shape index (κ1) is 21.8. The molecule has 0 atom stereocenters. The number of pyridine rings is 1. The van der Waals surface area contributed by atoms with Gasteiger partial charge in [0.05, 0.1) is 23.8 Å². The summed E-state index contributed by atoms with van der Waals surface area (Å²) in [5.41, 5.74) is 0.883. The topological polar surface area (TPSA) is 115 Å². The first-order valence-corrected chi connectivity index (χ1v) is 9.05. The molecule has 1 aromatic carbocycles. The maximum atomic E-state index is 13.2. The van der Waals surface area contributed by atoms with Crippen LogP contribution < -0.4 is 5.56 Å². The zero-order chi connectivity index (χ0) is 21.7. The summed E-state index contributed by atoms with van der Waals surface area (Å²) in [5.74, 6) is -3.25. The molecule has 0 aliphatic carbocycles. The van der Waals surface area contributed by atoms with E-state index in [4.69, 9.17) is 14.7 Å². The third-order valence-corrected chi connectivity index (χ3v) is 4.27. The van der Waals surface area contributed by atoms with Gasteiger partial charge in [-0.25, -0.2) is 5.21 Å². The molecule has 29 heavy (non-hydrogen) atoms. The second-order valence-corrected chi connectivity index (χ2v) is 6.28. The average molecular weight is 403 g/mol. The van der Waals surface area contributed by atoms with E-state index in [1.807, 2.05) is 0 Å². The van der Waals surface area contributed by atoms with Gasteiger partial charge in [0, 0.05) is 23.9 Å². The molecule has 0 saturated heterocycles. The SMILES string of the molecule is CCOC(=O)C(C(=O)OCC)c1cccn(-c2c(C)cc([N+](=O)O)cc2C)c1=O. The number of ether oxygens (including phenoxy) is 2. The van der Waals surface area contributed by atoms with Gasteiger partial charge in [-0.3, -0.25) is 19.0 Å². The molecule has 0 spiro atoms. The number of carbonyl (C=O) groups excluding carboxylic acids is 2. The zero-order valence-electron chi connectivity index (χ0n) is 16.7. The lowest BCUT2D eigenvalue weighted by atomic mass is 10.00. The van der Waals surface area contributed by atoms with E-state index in [2.05, 4.69) is 0 Å². The Kier molecular flexibility index (Phi) is 6.87. The molecule has 1 heterocycles. The van der Waals surface area contributed by atoms with E-state index in [1.165, 1.54) is 35.0 Å². The molecule has 0 fully saturated rings. The van der Waals surface area contributed by atoms with Gasteiger partial charge in [-0.05, 0) is 44.9 Å². The third kappa shape index (κ3) is 4.50. The van der Waals surface area contributed by atoms with E-state index in [0.717, 1.165) is 0 Å². The number of esters is 2. The van der Waals surface area contributed by atoms with Gasteiger partial charge in [-0.1, -0.05) is 6.07 Å². The Bertz CT molecular complexity index is 969. The van der Waals surface area contributed by atoms with Gasteiger partial charge < -0.3 is 9.47 Å². The van der Waals surface area contributed by atoms with Crippen LogP contribution in [0.5, 0.6) is 0 Å². The van der Waals surface area contributed by atoms with Crippen molar-refractivity contribution in [1.82, 2.24) is 4.57 Å². The van der Waals surface area contributed by atoms with Crippen molar-refractivity contribution < 1.29 is 29.2 Å². The molecule has 0 radical (unpaired) electrons. The molecule has 9 nitrogen and oxygen atoms in total. The summed E-state index contributed by atoms with van der Waals surface area (Å²) >= 11 is 0. The highest BCUT2D eigenvalue weighted by Crippen LogP contribution is 2.25. The van der Waals surface area contributed by atoms with Crippen LogP contribution in [0.3, 0.4) is 0 Å². The van der Waals surface area contributed by atoms with Gasteiger partial charge in [0.25, 0.3) is 10.5 Å². The molecule has 0 unspecified atom stereocenters. The normalized spacial score (nSPS) is 10.7. The molecule has 9 heteroatoms. The highest BCUT2D eigenvalue weighted by Gasteiger charge is 2.34. The van der Waals surface area contributed by atoms with Gasteiger partial charge in [0.1, 0.15) is 0 Å². The van der Waals surface area contributed by atoms with Crippen molar-refractivity contribution in [1.29, 1.82) is 0 Å². The summed E-state index contributed by atoms with van der Waals surface area (Å²) in [7, 11) is 0. The van der Waals surface area contributed by atoms with Crippen LogP contribution >= 0.6 is 0 Å². The quantitative estimate of drug-likeness (QED) is 0.429. The van der Waals surface area contributed by atoms with Crippen LogP contribution in [0.25, 0.3) is 5.69 Å². The summed E-state index contributed by atoms with van der Waals surface area (Å²) in [4.78, 5) is 48.8. The fraction of sp³-hybridized carbons (Fsp3) is 0.350. The van der Waals surface area contributed by atoms with Crippen LogP contribution in [0.15, 0.2) is 35.3 Å².